The summed E-state index contributed by atoms with van der Waals surface area (Å²) in [6.07, 6.45) is 0.212. The van der Waals surface area contributed by atoms with Gasteiger partial charge in [0.05, 0.1) is 21.0 Å². The SMILES string of the molecule is Cc1c(CC#N)ccc(I)c1[N+](=O)[O-]. The van der Waals surface area contributed by atoms with E-state index in [-0.39, 0.29) is 12.1 Å². The lowest BCUT2D eigenvalue weighted by Gasteiger charge is -2.03. The van der Waals surface area contributed by atoms with E-state index in [4.69, 9.17) is 5.26 Å². The Morgan fingerprint density at radius 2 is 2.29 bits per heavy atom. The molecule has 0 fully saturated rings. The lowest BCUT2D eigenvalue weighted by atomic mass is 10.0. The first-order chi connectivity index (χ1) is 6.57. The quantitative estimate of drug-likeness (QED) is 0.479. The zero-order chi connectivity index (χ0) is 10.7. The first-order valence-electron chi connectivity index (χ1n) is 3.87. The van der Waals surface area contributed by atoms with E-state index in [0.717, 1.165) is 5.56 Å². The van der Waals surface area contributed by atoms with Crippen LogP contribution in [0.15, 0.2) is 12.1 Å². The molecule has 0 bridgehead atoms. The molecule has 0 aliphatic heterocycles. The molecule has 0 saturated heterocycles. The van der Waals surface area contributed by atoms with E-state index < -0.39 is 4.92 Å². The topological polar surface area (TPSA) is 66.9 Å². The van der Waals surface area contributed by atoms with Crippen molar-refractivity contribution in [1.29, 1.82) is 5.26 Å². The summed E-state index contributed by atoms with van der Waals surface area (Å²) in [5.41, 5.74) is 1.42. The smallest absolute Gasteiger partial charge is 0.258 e. The van der Waals surface area contributed by atoms with Crippen LogP contribution >= 0.6 is 22.6 Å². The first-order valence-corrected chi connectivity index (χ1v) is 4.95. The number of hydrogen-bond acceptors (Lipinski definition) is 3. The number of halogens is 1. The van der Waals surface area contributed by atoms with E-state index in [9.17, 15) is 10.1 Å². The van der Waals surface area contributed by atoms with Crippen LogP contribution in [0.1, 0.15) is 11.1 Å². The van der Waals surface area contributed by atoms with E-state index in [1.807, 2.05) is 28.7 Å². The van der Waals surface area contributed by atoms with E-state index in [1.54, 1.807) is 19.1 Å². The number of nitriles is 1. The van der Waals surface area contributed by atoms with Crippen LogP contribution in [0.5, 0.6) is 0 Å². The molecule has 0 radical (unpaired) electrons. The highest BCUT2D eigenvalue weighted by molar-refractivity contribution is 14.1. The van der Waals surface area contributed by atoms with Gasteiger partial charge in [-0.05, 0) is 41.1 Å². The Morgan fingerprint density at radius 1 is 1.64 bits per heavy atom. The molecule has 14 heavy (non-hydrogen) atoms. The Bertz CT molecular complexity index is 424. The Balaban J connectivity index is 3.35. The molecule has 0 heterocycles. The zero-order valence-electron chi connectivity index (χ0n) is 7.45. The van der Waals surface area contributed by atoms with Crippen molar-refractivity contribution in [3.63, 3.8) is 0 Å². The van der Waals surface area contributed by atoms with Gasteiger partial charge in [0.15, 0.2) is 0 Å². The summed E-state index contributed by atoms with van der Waals surface area (Å²) in [6.45, 7) is 1.67. The van der Waals surface area contributed by atoms with Crippen molar-refractivity contribution in [2.45, 2.75) is 13.3 Å². The number of nitro groups is 1. The van der Waals surface area contributed by atoms with Gasteiger partial charge in [-0.3, -0.25) is 10.1 Å². The number of rotatable bonds is 2. The summed E-state index contributed by atoms with van der Waals surface area (Å²) in [5.74, 6) is 0. The van der Waals surface area contributed by atoms with Gasteiger partial charge in [-0.15, -0.1) is 0 Å². The molecule has 0 aliphatic carbocycles. The molecule has 1 aromatic rings. The van der Waals surface area contributed by atoms with Gasteiger partial charge in [-0.2, -0.15) is 5.26 Å². The van der Waals surface area contributed by atoms with Crippen LogP contribution < -0.4 is 0 Å². The molecular formula is C9H7IN2O2. The third kappa shape index (κ3) is 2.01. The number of benzene rings is 1. The molecule has 0 unspecified atom stereocenters. The molecule has 0 aliphatic rings. The van der Waals surface area contributed by atoms with Gasteiger partial charge in [0.1, 0.15) is 0 Å². The number of hydrogen-bond donors (Lipinski definition) is 0. The Labute approximate surface area is 94.8 Å². The van der Waals surface area contributed by atoms with E-state index in [2.05, 4.69) is 0 Å². The van der Waals surface area contributed by atoms with Crippen LogP contribution in [-0.4, -0.2) is 4.92 Å². The predicted octanol–water partition coefficient (Wildman–Crippen LogP) is 2.57. The minimum atomic E-state index is -0.405. The van der Waals surface area contributed by atoms with Crippen molar-refractivity contribution in [1.82, 2.24) is 0 Å². The summed E-state index contributed by atoms with van der Waals surface area (Å²) < 4.78 is 0.604. The molecule has 4 nitrogen and oxygen atoms in total. The van der Waals surface area contributed by atoms with Gasteiger partial charge in [0.25, 0.3) is 5.69 Å². The van der Waals surface area contributed by atoms with Crippen LogP contribution in [0.3, 0.4) is 0 Å². The van der Waals surface area contributed by atoms with Gasteiger partial charge in [-0.1, -0.05) is 6.07 Å². The molecule has 0 amide bonds. The minimum Gasteiger partial charge on any atom is -0.258 e. The van der Waals surface area contributed by atoms with Crippen molar-refractivity contribution in [2.24, 2.45) is 0 Å². The lowest BCUT2D eigenvalue weighted by molar-refractivity contribution is -0.386. The summed E-state index contributed by atoms with van der Waals surface area (Å²) in [7, 11) is 0. The van der Waals surface area contributed by atoms with Gasteiger partial charge in [-0.25, -0.2) is 0 Å². The molecule has 1 aromatic carbocycles. The fourth-order valence-electron chi connectivity index (χ4n) is 1.21. The molecule has 0 saturated carbocycles. The maximum absolute atomic E-state index is 10.7. The number of nitro benzene ring substituents is 1. The van der Waals surface area contributed by atoms with E-state index in [0.29, 0.717) is 9.13 Å². The normalized spacial score (nSPS) is 9.50. The van der Waals surface area contributed by atoms with Crippen LogP contribution in [0.4, 0.5) is 5.69 Å². The maximum atomic E-state index is 10.7. The van der Waals surface area contributed by atoms with Crippen LogP contribution in [0, 0.1) is 31.9 Å². The Morgan fingerprint density at radius 3 is 2.79 bits per heavy atom. The van der Waals surface area contributed by atoms with Gasteiger partial charge >= 0.3 is 0 Å². The average molecular weight is 302 g/mol. The Hall–Kier alpha value is -1.16. The lowest BCUT2D eigenvalue weighted by Crippen LogP contribution is -1.98. The fourth-order valence-corrected chi connectivity index (χ4v) is 1.99. The highest BCUT2D eigenvalue weighted by Gasteiger charge is 2.17. The Kier molecular flexibility index (Phi) is 3.41. The van der Waals surface area contributed by atoms with E-state index >= 15 is 0 Å². The van der Waals surface area contributed by atoms with Crippen LogP contribution in [-0.2, 0) is 6.42 Å². The van der Waals surface area contributed by atoms with E-state index in [1.165, 1.54) is 0 Å². The van der Waals surface area contributed by atoms with Crippen LogP contribution in [0.25, 0.3) is 0 Å². The second kappa shape index (κ2) is 4.37. The van der Waals surface area contributed by atoms with Gasteiger partial charge in [0, 0.05) is 5.56 Å². The van der Waals surface area contributed by atoms with Crippen molar-refractivity contribution in [3.05, 3.63) is 36.9 Å². The molecule has 5 heteroatoms. The standard InChI is InChI=1S/C9H7IN2O2/c1-6-7(4-5-11)2-3-8(10)9(6)12(13)14/h2-3H,4H2,1H3. The summed E-state index contributed by atoms with van der Waals surface area (Å²) in [4.78, 5) is 10.3. The highest BCUT2D eigenvalue weighted by atomic mass is 127. The van der Waals surface area contributed by atoms with Crippen molar-refractivity contribution in [2.75, 3.05) is 0 Å². The van der Waals surface area contributed by atoms with Gasteiger partial charge < -0.3 is 0 Å². The second-order valence-electron chi connectivity index (χ2n) is 2.77. The van der Waals surface area contributed by atoms with Crippen molar-refractivity contribution in [3.8, 4) is 6.07 Å². The molecule has 72 valence electrons. The fraction of sp³-hybridized carbons (Fsp3) is 0.222. The van der Waals surface area contributed by atoms with Crippen molar-refractivity contribution >= 4 is 28.3 Å². The molecule has 0 atom stereocenters. The third-order valence-corrected chi connectivity index (χ3v) is 2.82. The summed E-state index contributed by atoms with van der Waals surface area (Å²) in [6, 6.07) is 5.41. The van der Waals surface area contributed by atoms with Crippen molar-refractivity contribution < 1.29 is 4.92 Å². The molecular weight excluding hydrogens is 295 g/mol. The molecule has 0 aromatic heterocycles. The molecule has 1 rings (SSSR count). The molecule has 0 N–H and O–H groups in total. The second-order valence-corrected chi connectivity index (χ2v) is 3.93. The highest BCUT2D eigenvalue weighted by Crippen LogP contribution is 2.27. The summed E-state index contributed by atoms with van der Waals surface area (Å²) in [5, 5.41) is 19.2. The van der Waals surface area contributed by atoms with Gasteiger partial charge in [0.2, 0.25) is 0 Å². The number of nitrogens with zero attached hydrogens (tertiary/aromatic N) is 2. The summed E-state index contributed by atoms with van der Waals surface area (Å²) >= 11 is 1.92. The molecule has 0 spiro atoms. The predicted molar refractivity (Wildman–Crippen MR) is 59.9 cm³/mol. The van der Waals surface area contributed by atoms with Crippen LogP contribution in [0.2, 0.25) is 0 Å². The third-order valence-electron chi connectivity index (χ3n) is 1.95. The largest absolute Gasteiger partial charge is 0.285 e. The minimum absolute atomic E-state index is 0.110. The monoisotopic (exact) mass is 302 g/mol. The maximum Gasteiger partial charge on any atom is 0.285 e. The first kappa shape index (κ1) is 10.9. The average Bonchev–Trinajstić information content (AvgIpc) is 2.10. The zero-order valence-corrected chi connectivity index (χ0v) is 9.61.